The van der Waals surface area contributed by atoms with Crippen LogP contribution in [0.4, 0.5) is 4.79 Å². The Morgan fingerprint density at radius 2 is 1.53 bits per heavy atom. The van der Waals surface area contributed by atoms with E-state index in [0.717, 1.165) is 32.1 Å². The molecule has 2 saturated heterocycles. The normalized spacial score (nSPS) is 23.7. The Kier molecular flexibility index (Phi) is 6.01. The molecule has 2 aromatic rings. The largest absolute Gasteiger partial charge is 0.448 e. The van der Waals surface area contributed by atoms with E-state index in [1.807, 2.05) is 17.0 Å². The number of nitrogens with zero attached hydrogens (tertiary/aromatic N) is 1. The van der Waals surface area contributed by atoms with E-state index in [1.54, 1.807) is 7.11 Å². The molecule has 2 bridgehead atoms. The highest BCUT2D eigenvalue weighted by Crippen LogP contribution is 2.45. The van der Waals surface area contributed by atoms with Gasteiger partial charge in [-0.2, -0.15) is 0 Å². The molecule has 32 heavy (non-hydrogen) atoms. The Morgan fingerprint density at radius 3 is 2.12 bits per heavy atom. The van der Waals surface area contributed by atoms with Crippen LogP contribution in [0.2, 0.25) is 0 Å². The van der Waals surface area contributed by atoms with Gasteiger partial charge in [0, 0.05) is 44.1 Å². The first-order valence-corrected chi connectivity index (χ1v) is 11.8. The number of piperidine rings is 1. The molecule has 2 aromatic carbocycles. The monoisotopic (exact) mass is 433 g/mol. The van der Waals surface area contributed by atoms with Gasteiger partial charge in [0.05, 0.1) is 0 Å². The number of hydrogen-bond donors (Lipinski definition) is 0. The van der Waals surface area contributed by atoms with Gasteiger partial charge in [0.25, 0.3) is 0 Å². The number of amides is 1. The quantitative estimate of drug-likeness (QED) is 0.565. The second-order valence-electron chi connectivity index (χ2n) is 9.33. The fourth-order valence-corrected chi connectivity index (χ4v) is 6.00. The second kappa shape index (κ2) is 9.07. The standard InChI is InChI=1S/C27H31NO4/c1-31-14-6-11-26(29)18-15-19-12-13-20(16-18)28(19)27(30)32-17-25-23-9-4-2-7-21(23)22-8-3-5-10-24(22)25/h2-5,7-10,18-20,25H,6,11-17H2,1H3. The number of Topliss-reactive ketones (excluding diaryl/α,β-unsaturated/α-hetero) is 1. The Hall–Kier alpha value is -2.66. The third-order valence-electron chi connectivity index (χ3n) is 7.51. The number of carbonyl (C=O) groups excluding carboxylic acids is 2. The van der Waals surface area contributed by atoms with Crippen LogP contribution >= 0.6 is 0 Å². The van der Waals surface area contributed by atoms with E-state index in [1.165, 1.54) is 22.3 Å². The van der Waals surface area contributed by atoms with Crippen LogP contribution in [0.5, 0.6) is 0 Å². The molecule has 2 unspecified atom stereocenters. The summed E-state index contributed by atoms with van der Waals surface area (Å²) in [7, 11) is 1.66. The summed E-state index contributed by atoms with van der Waals surface area (Å²) in [5.74, 6) is 0.469. The summed E-state index contributed by atoms with van der Waals surface area (Å²) in [5, 5.41) is 0. The van der Waals surface area contributed by atoms with Crippen molar-refractivity contribution < 1.29 is 19.1 Å². The average Bonchev–Trinajstić information content (AvgIpc) is 3.28. The van der Waals surface area contributed by atoms with Crippen LogP contribution in [0.3, 0.4) is 0 Å². The molecule has 0 saturated carbocycles. The first-order valence-electron chi connectivity index (χ1n) is 11.8. The van der Waals surface area contributed by atoms with Gasteiger partial charge in [0.15, 0.2) is 0 Å². The number of ether oxygens (including phenoxy) is 2. The van der Waals surface area contributed by atoms with Gasteiger partial charge in [0.1, 0.15) is 12.4 Å². The highest BCUT2D eigenvalue weighted by Gasteiger charge is 2.45. The van der Waals surface area contributed by atoms with Gasteiger partial charge in [-0.05, 0) is 54.4 Å². The number of carbonyl (C=O) groups is 2. The van der Waals surface area contributed by atoms with Crippen LogP contribution in [0.1, 0.15) is 55.6 Å². The number of fused-ring (bicyclic) bond motifs is 5. The first-order chi connectivity index (χ1) is 15.7. The summed E-state index contributed by atoms with van der Waals surface area (Å²) in [6.07, 6.45) is 4.61. The van der Waals surface area contributed by atoms with E-state index >= 15 is 0 Å². The molecule has 1 aliphatic carbocycles. The minimum absolute atomic E-state index is 0.0713. The smallest absolute Gasteiger partial charge is 0.410 e. The van der Waals surface area contributed by atoms with Crippen molar-refractivity contribution in [1.29, 1.82) is 0 Å². The lowest BCUT2D eigenvalue weighted by atomic mass is 9.86. The topological polar surface area (TPSA) is 55.8 Å². The van der Waals surface area contributed by atoms with Gasteiger partial charge in [-0.3, -0.25) is 4.79 Å². The Bertz CT molecular complexity index is 943. The Morgan fingerprint density at radius 1 is 0.938 bits per heavy atom. The fraction of sp³-hybridized carbons (Fsp3) is 0.481. The molecule has 2 heterocycles. The van der Waals surface area contributed by atoms with E-state index in [-0.39, 0.29) is 30.0 Å². The van der Waals surface area contributed by atoms with Crippen LogP contribution < -0.4 is 0 Å². The van der Waals surface area contributed by atoms with Gasteiger partial charge >= 0.3 is 6.09 Å². The molecule has 2 atom stereocenters. The summed E-state index contributed by atoms with van der Waals surface area (Å²) in [5.41, 5.74) is 4.92. The summed E-state index contributed by atoms with van der Waals surface area (Å²) in [6, 6.07) is 17.0. The number of methoxy groups -OCH3 is 1. The Labute approximate surface area is 189 Å². The van der Waals surface area contributed by atoms with Crippen LogP contribution in [0.25, 0.3) is 11.1 Å². The van der Waals surface area contributed by atoms with Gasteiger partial charge in [-0.25, -0.2) is 4.79 Å². The van der Waals surface area contributed by atoms with Crippen molar-refractivity contribution in [3.05, 3.63) is 59.7 Å². The van der Waals surface area contributed by atoms with Crippen molar-refractivity contribution >= 4 is 11.9 Å². The predicted octanol–water partition coefficient (Wildman–Crippen LogP) is 5.17. The maximum Gasteiger partial charge on any atom is 0.410 e. The van der Waals surface area contributed by atoms with Gasteiger partial charge in [-0.15, -0.1) is 0 Å². The molecule has 168 valence electrons. The average molecular weight is 434 g/mol. The number of benzene rings is 2. The lowest BCUT2D eigenvalue weighted by Gasteiger charge is -2.37. The number of ketones is 1. The molecule has 0 spiro atoms. The van der Waals surface area contributed by atoms with Gasteiger partial charge in [0.2, 0.25) is 0 Å². The molecular formula is C27H31NO4. The van der Waals surface area contributed by atoms with Crippen molar-refractivity contribution in [2.75, 3.05) is 20.3 Å². The van der Waals surface area contributed by atoms with Gasteiger partial charge < -0.3 is 14.4 Å². The zero-order chi connectivity index (χ0) is 22.1. The first kappa shape index (κ1) is 21.2. The zero-order valence-electron chi connectivity index (χ0n) is 18.7. The SMILES string of the molecule is COCCCC(=O)C1CC2CCC(C1)N2C(=O)OCC1c2ccccc2-c2ccccc21. The molecule has 2 aliphatic heterocycles. The maximum absolute atomic E-state index is 13.1. The van der Waals surface area contributed by atoms with E-state index < -0.39 is 0 Å². The number of hydrogen-bond acceptors (Lipinski definition) is 4. The van der Waals surface area contributed by atoms with Crippen molar-refractivity contribution in [3.63, 3.8) is 0 Å². The lowest BCUT2D eigenvalue weighted by molar-refractivity contribution is -0.125. The second-order valence-corrected chi connectivity index (χ2v) is 9.33. The molecule has 1 amide bonds. The van der Waals surface area contributed by atoms with Crippen LogP contribution in [-0.2, 0) is 14.3 Å². The minimum Gasteiger partial charge on any atom is -0.448 e. The molecular weight excluding hydrogens is 402 g/mol. The molecule has 0 radical (unpaired) electrons. The van der Waals surface area contributed by atoms with Crippen molar-refractivity contribution in [2.24, 2.45) is 5.92 Å². The highest BCUT2D eigenvalue weighted by atomic mass is 16.6. The summed E-state index contributed by atoms with van der Waals surface area (Å²) >= 11 is 0. The third kappa shape index (κ3) is 3.83. The van der Waals surface area contributed by atoms with Crippen molar-refractivity contribution in [3.8, 4) is 11.1 Å². The predicted molar refractivity (Wildman–Crippen MR) is 123 cm³/mol. The van der Waals surface area contributed by atoms with Gasteiger partial charge in [-0.1, -0.05) is 48.5 Å². The van der Waals surface area contributed by atoms with E-state index in [9.17, 15) is 9.59 Å². The fourth-order valence-electron chi connectivity index (χ4n) is 6.00. The molecule has 5 heteroatoms. The van der Waals surface area contributed by atoms with Crippen LogP contribution in [0, 0.1) is 5.92 Å². The minimum atomic E-state index is -0.218. The van der Waals surface area contributed by atoms with Crippen LogP contribution in [0.15, 0.2) is 48.5 Å². The van der Waals surface area contributed by atoms with E-state index in [4.69, 9.17) is 9.47 Å². The Balaban J connectivity index is 1.23. The molecule has 0 N–H and O–H groups in total. The van der Waals surface area contributed by atoms with Crippen LogP contribution in [-0.4, -0.2) is 49.2 Å². The summed E-state index contributed by atoms with van der Waals surface area (Å²) in [6.45, 7) is 0.972. The zero-order valence-corrected chi connectivity index (χ0v) is 18.7. The van der Waals surface area contributed by atoms with E-state index in [0.29, 0.717) is 25.4 Å². The molecule has 3 aliphatic rings. The highest BCUT2D eigenvalue weighted by molar-refractivity contribution is 5.82. The molecule has 0 aromatic heterocycles. The molecule has 5 rings (SSSR count). The lowest BCUT2D eigenvalue weighted by Crippen LogP contribution is -2.48. The molecule has 5 nitrogen and oxygen atoms in total. The van der Waals surface area contributed by atoms with Crippen molar-refractivity contribution in [2.45, 2.75) is 56.5 Å². The summed E-state index contributed by atoms with van der Waals surface area (Å²) < 4.78 is 11.0. The van der Waals surface area contributed by atoms with Crippen molar-refractivity contribution in [1.82, 2.24) is 4.90 Å². The number of rotatable bonds is 7. The maximum atomic E-state index is 13.1. The third-order valence-corrected chi connectivity index (χ3v) is 7.51. The summed E-state index contributed by atoms with van der Waals surface area (Å²) in [4.78, 5) is 27.7. The molecule has 2 fully saturated rings. The van der Waals surface area contributed by atoms with E-state index in [2.05, 4.69) is 36.4 Å².